The van der Waals surface area contributed by atoms with E-state index in [2.05, 4.69) is 10.6 Å². The number of hydrogen-bond acceptors (Lipinski definition) is 3. The van der Waals surface area contributed by atoms with Crippen LogP contribution in [0.2, 0.25) is 0 Å². The smallest absolute Gasteiger partial charge is 0.317 e. The van der Waals surface area contributed by atoms with Gasteiger partial charge in [-0.15, -0.1) is 0 Å². The molecule has 1 saturated heterocycles. The second kappa shape index (κ2) is 4.11. The Bertz CT molecular complexity index is 245. The van der Waals surface area contributed by atoms with Crippen LogP contribution in [0.15, 0.2) is 11.5 Å². The largest absolute Gasteiger partial charge is 0.393 e. The molecule has 12 heavy (non-hydrogen) atoms. The summed E-state index contributed by atoms with van der Waals surface area (Å²) in [6, 6.07) is 0. The number of rotatable bonds is 3. The molecule has 0 aliphatic carbocycles. The van der Waals surface area contributed by atoms with Gasteiger partial charge in [-0.05, 0) is 12.5 Å². The molecule has 1 heterocycles. The maximum absolute atomic E-state index is 10.9. The first kappa shape index (κ1) is 9.06. The normalized spacial score (nSPS) is 23.2. The zero-order valence-corrected chi connectivity index (χ0v) is 7.30. The van der Waals surface area contributed by atoms with Crippen molar-refractivity contribution in [3.8, 4) is 0 Å². The lowest BCUT2D eigenvalue weighted by Gasteiger charge is -1.95. The Balaban J connectivity index is 2.43. The number of cyclic esters (lactones) is 2. The number of carbonyl (C=O) groups excluding carboxylic acids is 2. The van der Waals surface area contributed by atoms with Crippen LogP contribution in [0, 0.1) is 5.92 Å². The SMILES string of the molecule is C=[S+]/C=C/CC1CC(=O)OC1=O. The van der Waals surface area contributed by atoms with Crippen LogP contribution < -0.4 is 0 Å². The number of carbonyl (C=O) groups is 2. The minimum atomic E-state index is -0.416. The Morgan fingerprint density at radius 1 is 1.67 bits per heavy atom. The maximum Gasteiger partial charge on any atom is 0.317 e. The van der Waals surface area contributed by atoms with E-state index in [1.54, 1.807) is 5.41 Å². The fraction of sp³-hybridized carbons (Fsp3) is 0.375. The van der Waals surface area contributed by atoms with Gasteiger partial charge in [0, 0.05) is 0 Å². The summed E-state index contributed by atoms with van der Waals surface area (Å²) in [6.45, 7) is 0. The van der Waals surface area contributed by atoms with Gasteiger partial charge in [0.1, 0.15) is 0 Å². The predicted octanol–water partition coefficient (Wildman–Crippen LogP) is 0.494. The molecule has 4 heteroatoms. The first-order chi connectivity index (χ1) is 5.74. The Labute approximate surface area is 74.4 Å². The molecule has 0 bridgehead atoms. The topological polar surface area (TPSA) is 43.4 Å². The lowest BCUT2D eigenvalue weighted by Crippen LogP contribution is -2.05. The lowest BCUT2D eigenvalue weighted by molar-refractivity contribution is -0.153. The molecular formula is C8H9O3S+. The van der Waals surface area contributed by atoms with Gasteiger partial charge < -0.3 is 4.74 Å². The van der Waals surface area contributed by atoms with Gasteiger partial charge in [-0.3, -0.25) is 9.59 Å². The van der Waals surface area contributed by atoms with Crippen molar-refractivity contribution in [2.24, 2.45) is 5.92 Å². The molecule has 0 aromatic carbocycles. The number of allylic oxidation sites excluding steroid dienone is 1. The fourth-order valence-electron chi connectivity index (χ4n) is 0.989. The van der Waals surface area contributed by atoms with Crippen molar-refractivity contribution < 1.29 is 14.3 Å². The number of hydrogen-bond donors (Lipinski definition) is 0. The van der Waals surface area contributed by atoms with Gasteiger partial charge in [-0.25, -0.2) is 0 Å². The third kappa shape index (κ3) is 2.23. The first-order valence-electron chi connectivity index (χ1n) is 3.54. The molecule has 1 atom stereocenters. The zero-order chi connectivity index (χ0) is 8.97. The molecule has 64 valence electrons. The van der Waals surface area contributed by atoms with E-state index in [0.29, 0.717) is 6.42 Å². The van der Waals surface area contributed by atoms with Crippen molar-refractivity contribution in [2.45, 2.75) is 12.8 Å². The third-order valence-electron chi connectivity index (χ3n) is 1.57. The highest BCUT2D eigenvalue weighted by molar-refractivity contribution is 7.79. The van der Waals surface area contributed by atoms with Crippen molar-refractivity contribution in [3.05, 3.63) is 11.5 Å². The molecule has 0 amide bonds. The van der Waals surface area contributed by atoms with E-state index in [0.717, 1.165) is 0 Å². The predicted molar refractivity (Wildman–Crippen MR) is 47.4 cm³/mol. The monoisotopic (exact) mass is 185 g/mol. The zero-order valence-electron chi connectivity index (χ0n) is 6.49. The second-order valence-electron chi connectivity index (χ2n) is 2.47. The summed E-state index contributed by atoms with van der Waals surface area (Å²) >= 11 is 1.32. The lowest BCUT2D eigenvalue weighted by atomic mass is 10.0. The summed E-state index contributed by atoms with van der Waals surface area (Å²) in [7, 11) is 0. The molecule has 3 nitrogen and oxygen atoms in total. The van der Waals surface area contributed by atoms with E-state index in [4.69, 9.17) is 0 Å². The average Bonchev–Trinajstić information content (AvgIpc) is 2.31. The summed E-state index contributed by atoms with van der Waals surface area (Å²) in [5.74, 6) is 2.43. The van der Waals surface area contributed by atoms with E-state index in [9.17, 15) is 9.59 Å². The van der Waals surface area contributed by atoms with E-state index in [1.165, 1.54) is 11.4 Å². The highest BCUT2D eigenvalue weighted by Gasteiger charge is 2.32. The van der Waals surface area contributed by atoms with E-state index in [-0.39, 0.29) is 12.3 Å². The Morgan fingerprint density at radius 2 is 2.42 bits per heavy atom. The molecule has 1 rings (SSSR count). The van der Waals surface area contributed by atoms with E-state index in [1.807, 2.05) is 6.08 Å². The highest BCUT2D eigenvalue weighted by Crippen LogP contribution is 2.19. The van der Waals surface area contributed by atoms with Crippen molar-refractivity contribution in [2.75, 3.05) is 0 Å². The minimum Gasteiger partial charge on any atom is -0.393 e. The van der Waals surface area contributed by atoms with Crippen LogP contribution in [0.5, 0.6) is 0 Å². The second-order valence-corrected chi connectivity index (χ2v) is 3.07. The van der Waals surface area contributed by atoms with Gasteiger partial charge in [0.2, 0.25) is 11.4 Å². The Kier molecular flexibility index (Phi) is 3.10. The van der Waals surface area contributed by atoms with Crippen molar-refractivity contribution in [1.29, 1.82) is 0 Å². The van der Waals surface area contributed by atoms with Crippen molar-refractivity contribution >= 4 is 29.2 Å². The molecular weight excluding hydrogens is 176 g/mol. The summed E-state index contributed by atoms with van der Waals surface area (Å²) in [5.41, 5.74) is 0. The number of ether oxygens (including phenoxy) is 1. The van der Waals surface area contributed by atoms with Gasteiger partial charge in [0.05, 0.1) is 12.3 Å². The number of esters is 2. The molecule has 0 saturated carbocycles. The molecule has 1 aliphatic rings. The average molecular weight is 185 g/mol. The van der Waals surface area contributed by atoms with Gasteiger partial charge >= 0.3 is 11.9 Å². The summed E-state index contributed by atoms with van der Waals surface area (Å²) in [5, 5.41) is 1.79. The van der Waals surface area contributed by atoms with Gasteiger partial charge in [-0.1, -0.05) is 0 Å². The maximum atomic E-state index is 10.9. The standard InChI is InChI=1S/C8H9O3S/c1-12-4-2-3-6-5-7(9)11-8(6)10/h2,4,6H,1,3,5H2/q+1/b4-2+. The molecule has 1 unspecified atom stereocenters. The van der Waals surface area contributed by atoms with Crippen LogP contribution in [0.4, 0.5) is 0 Å². The third-order valence-corrected chi connectivity index (χ3v) is 1.96. The Hall–Kier alpha value is -1.03. The van der Waals surface area contributed by atoms with Gasteiger partial charge in [0.25, 0.3) is 0 Å². The van der Waals surface area contributed by atoms with Gasteiger partial charge in [-0.2, -0.15) is 0 Å². The van der Waals surface area contributed by atoms with Crippen molar-refractivity contribution in [1.82, 2.24) is 0 Å². The van der Waals surface area contributed by atoms with Crippen LogP contribution in [-0.4, -0.2) is 17.8 Å². The highest BCUT2D eigenvalue weighted by atomic mass is 32.1. The summed E-state index contributed by atoms with van der Waals surface area (Å²) in [4.78, 5) is 21.5. The molecule has 0 aromatic rings. The molecule has 1 fully saturated rings. The molecule has 0 aromatic heterocycles. The van der Waals surface area contributed by atoms with Crippen LogP contribution in [-0.2, 0) is 25.7 Å². The summed E-state index contributed by atoms with van der Waals surface area (Å²) < 4.78 is 4.37. The molecule has 0 radical (unpaired) electrons. The molecule has 1 aliphatic heterocycles. The molecule has 0 N–H and O–H groups in total. The van der Waals surface area contributed by atoms with Crippen LogP contribution in [0.1, 0.15) is 12.8 Å². The summed E-state index contributed by atoms with van der Waals surface area (Å²) in [6.07, 6.45) is 2.60. The minimum absolute atomic E-state index is 0.213. The fourth-order valence-corrected chi connectivity index (χ4v) is 1.24. The van der Waals surface area contributed by atoms with Crippen LogP contribution in [0.25, 0.3) is 0 Å². The van der Waals surface area contributed by atoms with Gasteiger partial charge in [0.15, 0.2) is 11.3 Å². The quantitative estimate of drug-likeness (QED) is 0.278. The van der Waals surface area contributed by atoms with E-state index >= 15 is 0 Å². The molecule has 0 spiro atoms. The van der Waals surface area contributed by atoms with Crippen molar-refractivity contribution in [3.63, 3.8) is 0 Å². The van der Waals surface area contributed by atoms with E-state index < -0.39 is 11.9 Å². The van der Waals surface area contributed by atoms with Crippen LogP contribution >= 0.6 is 0 Å². The van der Waals surface area contributed by atoms with Crippen LogP contribution in [0.3, 0.4) is 0 Å². The Morgan fingerprint density at radius 3 is 2.92 bits per heavy atom. The first-order valence-corrected chi connectivity index (χ1v) is 4.59.